The smallest absolute Gasteiger partial charge is 0.253 e. The standard InChI is InChI=1S/C14H17BrClN3OS/c15-11-3-1-2-10(13(11)16)14(20)18-9-4-6-19(7-5-9)8-12(17)21/h1-3,9H,4-8H2,(H2,17,21)(H,18,20). The summed E-state index contributed by atoms with van der Waals surface area (Å²) in [5.41, 5.74) is 6.04. The molecule has 1 aliphatic rings. The average molecular weight is 391 g/mol. The number of amides is 1. The van der Waals surface area contributed by atoms with Crippen LogP contribution in [0.4, 0.5) is 0 Å². The molecule has 1 fully saturated rings. The van der Waals surface area contributed by atoms with E-state index in [-0.39, 0.29) is 11.9 Å². The highest BCUT2D eigenvalue weighted by molar-refractivity contribution is 9.10. The lowest BCUT2D eigenvalue weighted by Crippen LogP contribution is -2.46. The molecular formula is C14H17BrClN3OS. The minimum Gasteiger partial charge on any atom is -0.392 e. The van der Waals surface area contributed by atoms with Gasteiger partial charge in [-0.15, -0.1) is 0 Å². The second-order valence-corrected chi connectivity index (χ2v) is 6.85. The number of carbonyl (C=O) groups excluding carboxylic acids is 1. The molecule has 0 aliphatic carbocycles. The molecule has 0 unspecified atom stereocenters. The van der Waals surface area contributed by atoms with Gasteiger partial charge in [0.1, 0.15) is 0 Å². The Balaban J connectivity index is 1.90. The number of carbonyl (C=O) groups is 1. The van der Waals surface area contributed by atoms with Gasteiger partial charge in [0, 0.05) is 30.1 Å². The van der Waals surface area contributed by atoms with Crippen LogP contribution in [0.25, 0.3) is 0 Å². The van der Waals surface area contributed by atoms with Crippen LogP contribution in [-0.2, 0) is 0 Å². The molecule has 1 aliphatic heterocycles. The number of benzene rings is 1. The van der Waals surface area contributed by atoms with E-state index >= 15 is 0 Å². The van der Waals surface area contributed by atoms with Gasteiger partial charge in [0.2, 0.25) is 0 Å². The summed E-state index contributed by atoms with van der Waals surface area (Å²) in [6.45, 7) is 2.41. The second kappa shape index (κ2) is 7.54. The van der Waals surface area contributed by atoms with E-state index in [4.69, 9.17) is 29.6 Å². The van der Waals surface area contributed by atoms with E-state index in [9.17, 15) is 4.79 Å². The lowest BCUT2D eigenvalue weighted by Gasteiger charge is -2.32. The molecule has 114 valence electrons. The molecule has 4 nitrogen and oxygen atoms in total. The van der Waals surface area contributed by atoms with E-state index in [0.29, 0.717) is 22.1 Å². The molecule has 1 saturated heterocycles. The Morgan fingerprint density at radius 1 is 1.48 bits per heavy atom. The van der Waals surface area contributed by atoms with Crippen LogP contribution < -0.4 is 11.1 Å². The first-order chi connectivity index (χ1) is 9.97. The van der Waals surface area contributed by atoms with Gasteiger partial charge in [-0.2, -0.15) is 0 Å². The van der Waals surface area contributed by atoms with Gasteiger partial charge in [-0.05, 0) is 40.9 Å². The molecule has 0 aromatic heterocycles. The Labute approximate surface area is 143 Å². The van der Waals surface area contributed by atoms with Crippen LogP contribution in [-0.4, -0.2) is 41.5 Å². The molecule has 1 amide bonds. The molecule has 0 bridgehead atoms. The number of nitrogens with one attached hydrogen (secondary N) is 1. The third kappa shape index (κ3) is 4.64. The van der Waals surface area contributed by atoms with E-state index in [1.54, 1.807) is 12.1 Å². The van der Waals surface area contributed by atoms with Crippen molar-refractivity contribution < 1.29 is 4.79 Å². The van der Waals surface area contributed by atoms with Gasteiger partial charge >= 0.3 is 0 Å². The number of hydrogen-bond donors (Lipinski definition) is 2. The van der Waals surface area contributed by atoms with Gasteiger partial charge in [0.05, 0.1) is 15.6 Å². The molecule has 7 heteroatoms. The third-order valence-corrected chi connectivity index (χ3v) is 4.92. The lowest BCUT2D eigenvalue weighted by atomic mass is 10.0. The third-order valence-electron chi connectivity index (χ3n) is 3.50. The maximum atomic E-state index is 12.3. The Morgan fingerprint density at radius 3 is 2.76 bits per heavy atom. The number of thiocarbonyl (C=S) groups is 1. The van der Waals surface area contributed by atoms with Gasteiger partial charge in [-0.1, -0.05) is 29.9 Å². The summed E-state index contributed by atoms with van der Waals surface area (Å²) in [4.78, 5) is 15.0. The van der Waals surface area contributed by atoms with Gasteiger partial charge in [-0.3, -0.25) is 9.69 Å². The van der Waals surface area contributed by atoms with Crippen molar-refractivity contribution in [2.24, 2.45) is 5.73 Å². The second-order valence-electron chi connectivity index (χ2n) is 5.09. The predicted molar refractivity (Wildman–Crippen MR) is 92.9 cm³/mol. The highest BCUT2D eigenvalue weighted by Gasteiger charge is 2.22. The first-order valence-corrected chi connectivity index (χ1v) is 8.31. The highest BCUT2D eigenvalue weighted by Crippen LogP contribution is 2.26. The van der Waals surface area contributed by atoms with Crippen molar-refractivity contribution in [2.45, 2.75) is 18.9 Å². The van der Waals surface area contributed by atoms with Crippen LogP contribution in [0, 0.1) is 0 Å². The number of nitrogens with two attached hydrogens (primary N) is 1. The summed E-state index contributed by atoms with van der Waals surface area (Å²) >= 11 is 14.4. The zero-order chi connectivity index (χ0) is 15.4. The maximum absolute atomic E-state index is 12.3. The summed E-state index contributed by atoms with van der Waals surface area (Å²) in [5, 5.41) is 3.49. The molecule has 1 heterocycles. The minimum absolute atomic E-state index is 0.130. The van der Waals surface area contributed by atoms with Crippen LogP contribution in [0.5, 0.6) is 0 Å². The number of rotatable bonds is 4. The molecule has 0 radical (unpaired) electrons. The van der Waals surface area contributed by atoms with Gasteiger partial charge in [-0.25, -0.2) is 0 Å². The quantitative estimate of drug-likeness (QED) is 0.776. The van der Waals surface area contributed by atoms with Crippen molar-refractivity contribution in [3.8, 4) is 0 Å². The first kappa shape index (κ1) is 16.7. The topological polar surface area (TPSA) is 58.4 Å². The number of hydrogen-bond acceptors (Lipinski definition) is 3. The molecule has 21 heavy (non-hydrogen) atoms. The van der Waals surface area contributed by atoms with E-state index < -0.39 is 0 Å². The van der Waals surface area contributed by atoms with Crippen LogP contribution in [0.2, 0.25) is 5.02 Å². The molecule has 1 aromatic carbocycles. The van der Waals surface area contributed by atoms with E-state index in [1.807, 2.05) is 6.07 Å². The van der Waals surface area contributed by atoms with Crippen molar-refractivity contribution in [1.29, 1.82) is 0 Å². The summed E-state index contributed by atoms with van der Waals surface area (Å²) < 4.78 is 0.725. The number of halogens is 2. The average Bonchev–Trinajstić information content (AvgIpc) is 2.43. The summed E-state index contributed by atoms with van der Waals surface area (Å²) in [6, 6.07) is 5.50. The summed E-state index contributed by atoms with van der Waals surface area (Å²) in [5.74, 6) is -0.130. The monoisotopic (exact) mass is 389 g/mol. The Hall–Kier alpha value is -0.690. The fourth-order valence-electron chi connectivity index (χ4n) is 2.40. The Morgan fingerprint density at radius 2 is 2.14 bits per heavy atom. The van der Waals surface area contributed by atoms with Crippen LogP contribution >= 0.6 is 39.7 Å². The largest absolute Gasteiger partial charge is 0.392 e. The number of likely N-dealkylation sites (tertiary alicyclic amines) is 1. The fraction of sp³-hybridized carbons (Fsp3) is 0.429. The van der Waals surface area contributed by atoms with Crippen molar-refractivity contribution >= 4 is 50.6 Å². The highest BCUT2D eigenvalue weighted by atomic mass is 79.9. The van der Waals surface area contributed by atoms with Crippen molar-refractivity contribution in [1.82, 2.24) is 10.2 Å². The molecule has 3 N–H and O–H groups in total. The van der Waals surface area contributed by atoms with Crippen LogP contribution in [0.1, 0.15) is 23.2 Å². The zero-order valence-corrected chi connectivity index (χ0v) is 14.6. The number of nitrogens with zero attached hydrogens (tertiary/aromatic N) is 1. The van der Waals surface area contributed by atoms with E-state index in [2.05, 4.69) is 26.1 Å². The SMILES string of the molecule is NC(=S)CN1CCC(NC(=O)c2cccc(Br)c2Cl)CC1. The molecule has 2 rings (SSSR count). The van der Waals surface area contributed by atoms with Gasteiger partial charge < -0.3 is 11.1 Å². The first-order valence-electron chi connectivity index (χ1n) is 6.73. The van der Waals surface area contributed by atoms with E-state index in [0.717, 1.165) is 30.4 Å². The maximum Gasteiger partial charge on any atom is 0.253 e. The van der Waals surface area contributed by atoms with Crippen LogP contribution in [0.15, 0.2) is 22.7 Å². The summed E-state index contributed by atoms with van der Waals surface area (Å²) in [7, 11) is 0. The predicted octanol–water partition coefficient (Wildman–Crippen LogP) is 2.58. The van der Waals surface area contributed by atoms with Gasteiger partial charge in [0.25, 0.3) is 5.91 Å². The lowest BCUT2D eigenvalue weighted by molar-refractivity contribution is 0.0915. The molecule has 0 saturated carbocycles. The molecular weight excluding hydrogens is 374 g/mol. The Bertz CT molecular complexity index is 547. The summed E-state index contributed by atoms with van der Waals surface area (Å²) in [6.07, 6.45) is 1.78. The minimum atomic E-state index is -0.130. The fourth-order valence-corrected chi connectivity index (χ4v) is 3.16. The zero-order valence-electron chi connectivity index (χ0n) is 11.4. The molecule has 0 atom stereocenters. The van der Waals surface area contributed by atoms with Crippen molar-refractivity contribution in [3.63, 3.8) is 0 Å². The van der Waals surface area contributed by atoms with E-state index in [1.165, 1.54) is 0 Å². The molecule has 0 spiro atoms. The van der Waals surface area contributed by atoms with Crippen molar-refractivity contribution in [3.05, 3.63) is 33.3 Å². The van der Waals surface area contributed by atoms with Gasteiger partial charge in [0.15, 0.2) is 0 Å². The molecule has 1 aromatic rings. The number of piperidine rings is 1. The van der Waals surface area contributed by atoms with Crippen LogP contribution in [0.3, 0.4) is 0 Å². The normalized spacial score (nSPS) is 16.7. The van der Waals surface area contributed by atoms with Crippen molar-refractivity contribution in [2.75, 3.05) is 19.6 Å². The Kier molecular flexibility index (Phi) is 5.98.